The van der Waals surface area contributed by atoms with E-state index >= 15 is 0 Å². The summed E-state index contributed by atoms with van der Waals surface area (Å²) in [6, 6.07) is 10.3. The highest BCUT2D eigenvalue weighted by Crippen LogP contribution is 2.69. The normalized spacial score (nSPS) is 46.3. The lowest BCUT2D eigenvalue weighted by atomic mass is 9.48. The molecule has 3 fully saturated rings. The number of esters is 1. The Kier molecular flexibility index (Phi) is 1.65. The Balaban J connectivity index is 1.78. The summed E-state index contributed by atoms with van der Waals surface area (Å²) in [5.41, 5.74) is 1.15. The van der Waals surface area contributed by atoms with Crippen LogP contribution in [-0.2, 0) is 14.3 Å². The lowest BCUT2D eigenvalue weighted by Gasteiger charge is -2.50. The molecule has 3 aliphatic rings. The van der Waals surface area contributed by atoms with Crippen LogP contribution >= 0.6 is 0 Å². The molecule has 17 heavy (non-hydrogen) atoms. The topological polar surface area (TPSA) is 35.5 Å². The summed E-state index contributed by atoms with van der Waals surface area (Å²) < 4.78 is 10.9. The lowest BCUT2D eigenvalue weighted by molar-refractivity contribution is -0.162. The molecule has 2 heterocycles. The zero-order valence-corrected chi connectivity index (χ0v) is 9.63. The number of carbonyl (C=O) groups excluding carboxylic acids is 1. The largest absolute Gasteiger partial charge is 0.435 e. The molecule has 2 aliphatic heterocycles. The second kappa shape index (κ2) is 2.91. The second-order valence-electron chi connectivity index (χ2n) is 5.49. The first kappa shape index (κ1) is 9.66. The minimum atomic E-state index is -0.301. The van der Waals surface area contributed by atoms with E-state index in [9.17, 15) is 4.79 Å². The number of ether oxygens (including phenoxy) is 2. The molecule has 1 unspecified atom stereocenters. The summed E-state index contributed by atoms with van der Waals surface area (Å²) in [6.07, 6.45) is -0.301. The predicted octanol–water partition coefficient (Wildman–Crippen LogP) is 1.94. The molecule has 0 bridgehead atoms. The van der Waals surface area contributed by atoms with Crippen molar-refractivity contribution in [3.05, 3.63) is 35.9 Å². The number of benzene rings is 1. The zero-order chi connectivity index (χ0) is 11.6. The minimum Gasteiger partial charge on any atom is -0.435 e. The lowest BCUT2D eigenvalue weighted by Crippen LogP contribution is -2.53. The summed E-state index contributed by atoms with van der Waals surface area (Å²) in [5, 5.41) is 0. The molecule has 1 aliphatic carbocycles. The maximum atomic E-state index is 11.9. The molecule has 1 aromatic rings. The van der Waals surface area contributed by atoms with Gasteiger partial charge in [-0.3, -0.25) is 4.79 Å². The number of carbonyl (C=O) groups is 1. The first-order valence-corrected chi connectivity index (χ1v) is 6.10. The molecular weight excluding hydrogens is 216 g/mol. The standard InChI is InChI=1S/C14H14O3/c1-14-9-7-16-13(14)17-12(15)11(14)10(9)8-5-3-2-4-6-8/h2-6,9-11,13H,7H2,1H3/t9-,10+,11?,13+,14-/m0/s1. The van der Waals surface area contributed by atoms with Crippen LogP contribution in [-0.4, -0.2) is 18.9 Å². The minimum absolute atomic E-state index is 0.0117. The van der Waals surface area contributed by atoms with E-state index in [1.165, 1.54) is 5.56 Å². The fourth-order valence-electron chi connectivity index (χ4n) is 3.93. The van der Waals surface area contributed by atoms with Gasteiger partial charge in [-0.1, -0.05) is 37.3 Å². The van der Waals surface area contributed by atoms with Crippen molar-refractivity contribution in [2.75, 3.05) is 6.61 Å². The average Bonchev–Trinajstić information content (AvgIpc) is 2.66. The van der Waals surface area contributed by atoms with Gasteiger partial charge in [-0.05, 0) is 5.56 Å². The van der Waals surface area contributed by atoms with Gasteiger partial charge in [0.1, 0.15) is 0 Å². The Bertz CT molecular complexity index is 484. The molecular formula is C14H14O3. The Morgan fingerprint density at radius 1 is 1.29 bits per heavy atom. The second-order valence-corrected chi connectivity index (χ2v) is 5.49. The van der Waals surface area contributed by atoms with Gasteiger partial charge >= 0.3 is 5.97 Å². The van der Waals surface area contributed by atoms with Gasteiger partial charge < -0.3 is 9.47 Å². The van der Waals surface area contributed by atoms with Crippen LogP contribution in [0, 0.1) is 17.3 Å². The SMILES string of the molecule is C[C@]12C3C(=O)O[C@H]1OC[C@H]2[C@H]3c1ccccc1. The number of hydrogen-bond acceptors (Lipinski definition) is 3. The molecule has 4 rings (SSSR count). The molecule has 1 aromatic carbocycles. The van der Waals surface area contributed by atoms with Crippen molar-refractivity contribution in [1.82, 2.24) is 0 Å². The fraction of sp³-hybridized carbons (Fsp3) is 0.500. The van der Waals surface area contributed by atoms with Crippen molar-refractivity contribution in [3.8, 4) is 0 Å². The number of rotatable bonds is 1. The van der Waals surface area contributed by atoms with Crippen LogP contribution in [0.4, 0.5) is 0 Å². The number of hydrogen-bond donors (Lipinski definition) is 0. The van der Waals surface area contributed by atoms with E-state index in [2.05, 4.69) is 19.1 Å². The van der Waals surface area contributed by atoms with Gasteiger partial charge in [0.2, 0.25) is 6.29 Å². The molecule has 3 nitrogen and oxygen atoms in total. The molecule has 0 N–H and O–H groups in total. The van der Waals surface area contributed by atoms with Gasteiger partial charge in [0, 0.05) is 17.3 Å². The molecule has 0 amide bonds. The molecule has 2 saturated heterocycles. The van der Waals surface area contributed by atoms with Crippen LogP contribution in [0.3, 0.4) is 0 Å². The Labute approximate surface area is 99.7 Å². The van der Waals surface area contributed by atoms with Crippen molar-refractivity contribution in [2.24, 2.45) is 17.3 Å². The summed E-state index contributed by atoms with van der Waals surface area (Å²) in [6.45, 7) is 2.84. The van der Waals surface area contributed by atoms with Crippen LogP contribution < -0.4 is 0 Å². The summed E-state index contributed by atoms with van der Waals surface area (Å²) in [7, 11) is 0. The van der Waals surface area contributed by atoms with Gasteiger partial charge in [-0.2, -0.15) is 0 Å². The van der Waals surface area contributed by atoms with E-state index in [0.29, 0.717) is 12.5 Å². The summed E-state index contributed by atoms with van der Waals surface area (Å²) in [5.74, 6) is 0.609. The average molecular weight is 230 g/mol. The third-order valence-corrected chi connectivity index (χ3v) is 4.86. The van der Waals surface area contributed by atoms with Gasteiger partial charge in [0.15, 0.2) is 0 Å². The van der Waals surface area contributed by atoms with Gasteiger partial charge in [0.25, 0.3) is 0 Å². The monoisotopic (exact) mass is 230 g/mol. The molecule has 1 saturated carbocycles. The van der Waals surface area contributed by atoms with E-state index in [-0.39, 0.29) is 29.5 Å². The Morgan fingerprint density at radius 3 is 2.82 bits per heavy atom. The van der Waals surface area contributed by atoms with Crippen LogP contribution in [0.2, 0.25) is 0 Å². The van der Waals surface area contributed by atoms with Crippen molar-refractivity contribution in [1.29, 1.82) is 0 Å². The van der Waals surface area contributed by atoms with E-state index in [1.807, 2.05) is 18.2 Å². The van der Waals surface area contributed by atoms with Crippen molar-refractivity contribution >= 4 is 5.97 Å². The Morgan fingerprint density at radius 2 is 2.06 bits per heavy atom. The molecule has 0 spiro atoms. The molecule has 88 valence electrons. The van der Waals surface area contributed by atoms with Gasteiger partial charge in [-0.15, -0.1) is 0 Å². The zero-order valence-electron chi connectivity index (χ0n) is 9.63. The predicted molar refractivity (Wildman–Crippen MR) is 60.1 cm³/mol. The van der Waals surface area contributed by atoms with Crippen molar-refractivity contribution < 1.29 is 14.3 Å². The van der Waals surface area contributed by atoms with E-state index in [1.54, 1.807) is 0 Å². The maximum Gasteiger partial charge on any atom is 0.312 e. The molecule has 3 heteroatoms. The first-order chi connectivity index (χ1) is 8.23. The first-order valence-electron chi connectivity index (χ1n) is 6.10. The van der Waals surface area contributed by atoms with Crippen LogP contribution in [0.1, 0.15) is 18.4 Å². The van der Waals surface area contributed by atoms with E-state index in [4.69, 9.17) is 9.47 Å². The van der Waals surface area contributed by atoms with Gasteiger partial charge in [-0.25, -0.2) is 0 Å². The van der Waals surface area contributed by atoms with Crippen LogP contribution in [0.25, 0.3) is 0 Å². The quantitative estimate of drug-likeness (QED) is 0.692. The fourth-order valence-corrected chi connectivity index (χ4v) is 3.93. The summed E-state index contributed by atoms with van der Waals surface area (Å²) in [4.78, 5) is 11.9. The van der Waals surface area contributed by atoms with Crippen molar-refractivity contribution in [3.63, 3.8) is 0 Å². The van der Waals surface area contributed by atoms with Crippen LogP contribution in [0.15, 0.2) is 30.3 Å². The van der Waals surface area contributed by atoms with Crippen molar-refractivity contribution in [2.45, 2.75) is 19.1 Å². The van der Waals surface area contributed by atoms with Crippen LogP contribution in [0.5, 0.6) is 0 Å². The third kappa shape index (κ3) is 0.951. The van der Waals surface area contributed by atoms with Gasteiger partial charge in [0.05, 0.1) is 12.5 Å². The van der Waals surface area contributed by atoms with E-state index in [0.717, 1.165) is 0 Å². The van der Waals surface area contributed by atoms with E-state index < -0.39 is 0 Å². The highest BCUT2D eigenvalue weighted by Gasteiger charge is 2.74. The maximum absolute atomic E-state index is 11.9. The highest BCUT2D eigenvalue weighted by molar-refractivity contribution is 5.80. The third-order valence-electron chi connectivity index (χ3n) is 4.86. The summed E-state index contributed by atoms with van der Waals surface area (Å²) >= 11 is 0. The smallest absolute Gasteiger partial charge is 0.312 e. The molecule has 5 atom stereocenters. The highest BCUT2D eigenvalue weighted by atomic mass is 16.7. The molecule has 0 radical (unpaired) electrons. The Hall–Kier alpha value is -1.35. The molecule has 0 aromatic heterocycles.